The summed E-state index contributed by atoms with van der Waals surface area (Å²) in [6.45, 7) is 8.82. The van der Waals surface area contributed by atoms with E-state index in [-0.39, 0.29) is 5.41 Å². The van der Waals surface area contributed by atoms with Crippen LogP contribution in [0, 0.1) is 0 Å². The largest absolute Gasteiger partial charge is 0.373 e. The highest BCUT2D eigenvalue weighted by molar-refractivity contribution is 6.03. The maximum absolute atomic E-state index is 6.24. The minimum absolute atomic E-state index is 0.108. The van der Waals surface area contributed by atoms with Crippen LogP contribution in [0.3, 0.4) is 0 Å². The second kappa shape index (κ2) is 10.3. The van der Waals surface area contributed by atoms with Crippen molar-refractivity contribution in [3.63, 3.8) is 0 Å². The molecule has 5 aromatic carbocycles. The van der Waals surface area contributed by atoms with Gasteiger partial charge in [-0.05, 0) is 115 Å². The summed E-state index contributed by atoms with van der Waals surface area (Å²) in [5.41, 5.74) is 13.8. The fourth-order valence-electron chi connectivity index (χ4n) is 7.13. The van der Waals surface area contributed by atoms with Gasteiger partial charge in [0, 0.05) is 28.9 Å². The maximum atomic E-state index is 6.24. The third-order valence-corrected chi connectivity index (χ3v) is 9.72. The molecule has 224 valence electrons. The van der Waals surface area contributed by atoms with Crippen molar-refractivity contribution in [3.05, 3.63) is 169 Å². The van der Waals surface area contributed by atoms with Gasteiger partial charge in [0.25, 0.3) is 0 Å². The Hall–Kier alpha value is -6.00. The van der Waals surface area contributed by atoms with E-state index in [2.05, 4.69) is 110 Å². The summed E-state index contributed by atoms with van der Waals surface area (Å²) in [5, 5.41) is 4.12. The van der Waals surface area contributed by atoms with Crippen molar-refractivity contribution in [1.82, 2.24) is 10.0 Å². The number of allylic oxidation sites excluding steroid dienone is 2. The third kappa shape index (κ3) is 4.44. The number of rotatable bonds is 3. The lowest BCUT2D eigenvalue weighted by Crippen LogP contribution is -2.29. The Kier molecular flexibility index (Phi) is 5.97. The standard InChI is InChI=1S/C43H31N3O/c1-27-36-8-4-5-9-41(36)47-46-26-35(16-19-42(46)45-27)31-13-12-28-21-30(11-10-29(28)22-31)32-14-17-37-38-18-15-33(34-7-6-20-44-25-34)24-40(38)43(2,3)39(37)23-32/h4-26H,1H2,2-3H3. The number of nitrogens with zero attached hydrogens (tertiary/aromatic N) is 3. The predicted octanol–water partition coefficient (Wildman–Crippen LogP) is 10.5. The number of hydroxylamine groups is 2. The highest BCUT2D eigenvalue weighted by atomic mass is 16.7. The summed E-state index contributed by atoms with van der Waals surface area (Å²) in [7, 11) is 0. The van der Waals surface area contributed by atoms with E-state index < -0.39 is 0 Å². The average Bonchev–Trinajstić information content (AvgIpc) is 3.23. The summed E-state index contributed by atoms with van der Waals surface area (Å²) in [5.74, 6) is 1.44. The number of pyridine rings is 1. The Balaban J connectivity index is 1.02. The van der Waals surface area contributed by atoms with Crippen LogP contribution >= 0.6 is 0 Å². The van der Waals surface area contributed by atoms with Crippen molar-refractivity contribution in [3.8, 4) is 39.1 Å². The molecule has 0 fully saturated rings. The van der Waals surface area contributed by atoms with Crippen LogP contribution in [-0.4, -0.2) is 15.9 Å². The Bertz CT molecular complexity index is 2380. The van der Waals surface area contributed by atoms with Gasteiger partial charge in [-0.3, -0.25) is 4.98 Å². The molecule has 0 spiro atoms. The quantitative estimate of drug-likeness (QED) is 0.201. The van der Waals surface area contributed by atoms with E-state index >= 15 is 0 Å². The second-order valence-electron chi connectivity index (χ2n) is 12.9. The van der Waals surface area contributed by atoms with Crippen molar-refractivity contribution in [1.29, 1.82) is 0 Å². The first-order valence-corrected chi connectivity index (χ1v) is 15.9. The van der Waals surface area contributed by atoms with Crippen molar-refractivity contribution < 1.29 is 4.84 Å². The highest BCUT2D eigenvalue weighted by Crippen LogP contribution is 2.50. The molecule has 6 aromatic rings. The van der Waals surface area contributed by atoms with Crippen molar-refractivity contribution in [2.45, 2.75) is 19.3 Å². The number of para-hydroxylation sites is 1. The first-order valence-electron chi connectivity index (χ1n) is 15.9. The van der Waals surface area contributed by atoms with Crippen molar-refractivity contribution in [2.24, 2.45) is 4.99 Å². The summed E-state index contributed by atoms with van der Waals surface area (Å²) < 4.78 is 0. The molecule has 0 unspecified atom stereocenters. The molecule has 3 aliphatic rings. The second-order valence-corrected chi connectivity index (χ2v) is 12.9. The predicted molar refractivity (Wildman–Crippen MR) is 193 cm³/mol. The lowest BCUT2D eigenvalue weighted by atomic mass is 9.81. The topological polar surface area (TPSA) is 37.7 Å². The van der Waals surface area contributed by atoms with E-state index in [0.717, 1.165) is 28.0 Å². The third-order valence-electron chi connectivity index (χ3n) is 9.72. The minimum Gasteiger partial charge on any atom is -0.373 e. The number of hydrogen-bond acceptors (Lipinski definition) is 4. The smallest absolute Gasteiger partial charge is 0.169 e. The molecule has 0 bridgehead atoms. The van der Waals surface area contributed by atoms with Gasteiger partial charge in [-0.2, -0.15) is 5.06 Å². The van der Waals surface area contributed by atoms with E-state index in [0.29, 0.717) is 11.5 Å². The van der Waals surface area contributed by atoms with Gasteiger partial charge in [0.05, 0.1) is 11.9 Å². The molecule has 9 rings (SSSR count). The van der Waals surface area contributed by atoms with Gasteiger partial charge < -0.3 is 4.84 Å². The summed E-state index contributed by atoms with van der Waals surface area (Å²) in [4.78, 5) is 15.3. The number of benzene rings is 5. The van der Waals surface area contributed by atoms with E-state index in [9.17, 15) is 0 Å². The SMILES string of the molecule is C=C1N=C2C=CC(c3ccc4cc(-c5ccc6c(c5)C(C)(C)c5cc(-c7cccnc7)ccc5-6)ccc4c3)=CN2Oc2ccccc21. The molecule has 1 aliphatic carbocycles. The number of fused-ring (bicyclic) bond motifs is 6. The summed E-state index contributed by atoms with van der Waals surface area (Å²) >= 11 is 0. The van der Waals surface area contributed by atoms with Gasteiger partial charge in [-0.15, -0.1) is 0 Å². The zero-order chi connectivity index (χ0) is 31.7. The van der Waals surface area contributed by atoms with Gasteiger partial charge in [0.15, 0.2) is 11.6 Å². The molecule has 0 N–H and O–H groups in total. The van der Waals surface area contributed by atoms with Crippen LogP contribution in [0.2, 0.25) is 0 Å². The van der Waals surface area contributed by atoms with Gasteiger partial charge in [-0.25, -0.2) is 4.99 Å². The van der Waals surface area contributed by atoms with Crippen molar-refractivity contribution >= 4 is 27.9 Å². The van der Waals surface area contributed by atoms with Gasteiger partial charge in [-0.1, -0.05) is 87.2 Å². The van der Waals surface area contributed by atoms with Crippen LogP contribution in [0.4, 0.5) is 0 Å². The molecule has 0 saturated carbocycles. The molecule has 2 aliphatic heterocycles. The first kappa shape index (κ1) is 27.3. The van der Waals surface area contributed by atoms with Gasteiger partial charge in [0.1, 0.15) is 0 Å². The normalized spacial score (nSPS) is 15.5. The summed E-state index contributed by atoms with van der Waals surface area (Å²) in [6, 6.07) is 39.2. The van der Waals surface area contributed by atoms with E-state index in [4.69, 9.17) is 9.83 Å². The molecule has 0 saturated heterocycles. The maximum Gasteiger partial charge on any atom is 0.169 e. The molecular weight excluding hydrogens is 574 g/mol. The number of hydrogen-bond donors (Lipinski definition) is 0. The summed E-state index contributed by atoms with van der Waals surface area (Å²) in [6.07, 6.45) is 9.82. The zero-order valence-electron chi connectivity index (χ0n) is 26.2. The van der Waals surface area contributed by atoms with Gasteiger partial charge >= 0.3 is 0 Å². The number of aliphatic imine (C=N–C) groups is 1. The lowest BCUT2D eigenvalue weighted by molar-refractivity contribution is 0.0742. The monoisotopic (exact) mass is 605 g/mol. The molecule has 3 heterocycles. The first-order chi connectivity index (χ1) is 22.9. The van der Waals surface area contributed by atoms with E-state index in [1.165, 1.54) is 49.7 Å². The Morgan fingerprint density at radius 1 is 0.638 bits per heavy atom. The fourth-order valence-corrected chi connectivity index (χ4v) is 7.13. The van der Waals surface area contributed by atoms with Crippen molar-refractivity contribution in [2.75, 3.05) is 0 Å². The highest BCUT2D eigenvalue weighted by Gasteiger charge is 2.36. The zero-order valence-corrected chi connectivity index (χ0v) is 26.2. The van der Waals surface area contributed by atoms with Gasteiger partial charge in [0.2, 0.25) is 0 Å². The fraction of sp³-hybridized carbons (Fsp3) is 0.0698. The van der Waals surface area contributed by atoms with Crippen LogP contribution in [0.1, 0.15) is 36.1 Å². The Labute approximate surface area is 274 Å². The molecule has 0 amide bonds. The minimum atomic E-state index is -0.108. The van der Waals surface area contributed by atoms with Crippen LogP contribution in [0.25, 0.3) is 55.4 Å². The molecule has 47 heavy (non-hydrogen) atoms. The lowest BCUT2D eigenvalue weighted by Gasteiger charge is -2.23. The molecule has 0 radical (unpaired) electrons. The molecule has 4 heteroatoms. The average molecular weight is 606 g/mol. The molecule has 1 aromatic heterocycles. The van der Waals surface area contributed by atoms with Crippen LogP contribution in [0.5, 0.6) is 5.75 Å². The Morgan fingerprint density at radius 2 is 1.30 bits per heavy atom. The van der Waals surface area contributed by atoms with Crippen LogP contribution in [-0.2, 0) is 5.41 Å². The number of amidine groups is 1. The molecule has 4 nitrogen and oxygen atoms in total. The van der Waals surface area contributed by atoms with Crippen LogP contribution < -0.4 is 4.84 Å². The van der Waals surface area contributed by atoms with Crippen LogP contribution in [0.15, 0.2) is 152 Å². The molecule has 0 atom stereocenters. The number of aromatic nitrogens is 1. The molecular formula is C43H31N3O. The van der Waals surface area contributed by atoms with E-state index in [1.807, 2.05) is 55.0 Å². The van der Waals surface area contributed by atoms with E-state index in [1.54, 1.807) is 5.06 Å². The Morgan fingerprint density at radius 3 is 2.04 bits per heavy atom.